The van der Waals surface area contributed by atoms with E-state index in [1.165, 1.54) is 25.1 Å². The molecule has 0 unspecified atom stereocenters. The minimum Gasteiger partial charge on any atom is -0.368 e. The number of rotatable bonds is 6. The van der Waals surface area contributed by atoms with Crippen molar-refractivity contribution < 1.29 is 18.0 Å². The van der Waals surface area contributed by atoms with E-state index in [1.807, 2.05) is 0 Å². The molecule has 1 heterocycles. The van der Waals surface area contributed by atoms with Crippen LogP contribution in [0, 0.1) is 5.92 Å². The Labute approximate surface area is 127 Å². The zero-order valence-electron chi connectivity index (χ0n) is 12.2. The van der Waals surface area contributed by atoms with Gasteiger partial charge in [-0.3, -0.25) is 4.79 Å². The monoisotopic (exact) mass is 315 g/mol. The number of hydrogen-bond donors (Lipinski definition) is 2. The number of anilines is 1. The van der Waals surface area contributed by atoms with E-state index in [1.54, 1.807) is 0 Å². The SMILES string of the molecule is O=C(CC1CCCC1)NCCNc1ncccc1C(F)(F)F. The lowest BCUT2D eigenvalue weighted by Crippen LogP contribution is -2.30. The van der Waals surface area contributed by atoms with Gasteiger partial charge in [0.2, 0.25) is 5.91 Å². The van der Waals surface area contributed by atoms with E-state index in [0.717, 1.165) is 18.9 Å². The lowest BCUT2D eigenvalue weighted by atomic mass is 10.0. The summed E-state index contributed by atoms with van der Waals surface area (Å²) in [4.78, 5) is 15.4. The van der Waals surface area contributed by atoms with Gasteiger partial charge < -0.3 is 10.6 Å². The predicted molar refractivity (Wildman–Crippen MR) is 77.3 cm³/mol. The number of halogens is 3. The maximum atomic E-state index is 12.8. The summed E-state index contributed by atoms with van der Waals surface area (Å²) in [6.07, 6.45) is 1.91. The average Bonchev–Trinajstić information content (AvgIpc) is 2.96. The first-order chi connectivity index (χ1) is 10.5. The molecule has 0 bridgehead atoms. The first-order valence-corrected chi connectivity index (χ1v) is 7.49. The second-order valence-corrected chi connectivity index (χ2v) is 5.53. The third kappa shape index (κ3) is 4.89. The molecule has 1 aromatic rings. The summed E-state index contributed by atoms with van der Waals surface area (Å²) in [7, 11) is 0. The van der Waals surface area contributed by atoms with Crippen LogP contribution in [0.1, 0.15) is 37.7 Å². The first-order valence-electron chi connectivity index (χ1n) is 7.49. The van der Waals surface area contributed by atoms with Crippen molar-refractivity contribution in [1.82, 2.24) is 10.3 Å². The Hall–Kier alpha value is -1.79. The van der Waals surface area contributed by atoms with Gasteiger partial charge in [0.25, 0.3) is 0 Å². The van der Waals surface area contributed by atoms with Gasteiger partial charge in [-0.05, 0) is 30.9 Å². The van der Waals surface area contributed by atoms with Crippen LogP contribution in [-0.2, 0) is 11.0 Å². The molecule has 1 aliphatic carbocycles. The van der Waals surface area contributed by atoms with Crippen molar-refractivity contribution >= 4 is 11.7 Å². The number of amides is 1. The predicted octanol–water partition coefficient (Wildman–Crippen LogP) is 3.21. The average molecular weight is 315 g/mol. The van der Waals surface area contributed by atoms with Gasteiger partial charge in [0.05, 0.1) is 5.56 Å². The molecule has 1 fully saturated rings. The van der Waals surface area contributed by atoms with E-state index in [2.05, 4.69) is 15.6 Å². The van der Waals surface area contributed by atoms with Gasteiger partial charge in [-0.2, -0.15) is 13.2 Å². The Morgan fingerprint density at radius 1 is 1.27 bits per heavy atom. The lowest BCUT2D eigenvalue weighted by molar-refractivity contribution is -0.137. The highest BCUT2D eigenvalue weighted by Crippen LogP contribution is 2.33. The number of nitrogens with one attached hydrogen (secondary N) is 2. The summed E-state index contributed by atoms with van der Waals surface area (Å²) in [5, 5.41) is 5.35. The standard InChI is InChI=1S/C15H20F3N3O/c16-15(17,18)12-6-3-7-20-14(12)21-9-8-19-13(22)10-11-4-1-2-5-11/h3,6-7,11H,1-2,4-5,8-10H2,(H,19,22)(H,20,21). The number of carbonyl (C=O) groups is 1. The number of carbonyl (C=O) groups excluding carboxylic acids is 1. The molecule has 2 N–H and O–H groups in total. The Bertz CT molecular complexity index is 499. The van der Waals surface area contributed by atoms with Gasteiger partial charge in [0.15, 0.2) is 0 Å². The van der Waals surface area contributed by atoms with Crippen molar-refractivity contribution in [2.24, 2.45) is 5.92 Å². The minimum atomic E-state index is -4.44. The summed E-state index contributed by atoms with van der Waals surface area (Å²) >= 11 is 0. The maximum absolute atomic E-state index is 12.8. The van der Waals surface area contributed by atoms with Crippen molar-refractivity contribution in [2.45, 2.75) is 38.3 Å². The number of aromatic nitrogens is 1. The first kappa shape index (κ1) is 16.6. The number of pyridine rings is 1. The van der Waals surface area contributed by atoms with Gasteiger partial charge in [-0.1, -0.05) is 12.8 Å². The molecule has 0 spiro atoms. The maximum Gasteiger partial charge on any atom is 0.419 e. The van der Waals surface area contributed by atoms with E-state index in [0.29, 0.717) is 12.3 Å². The van der Waals surface area contributed by atoms with E-state index in [9.17, 15) is 18.0 Å². The van der Waals surface area contributed by atoms with Gasteiger partial charge in [0.1, 0.15) is 5.82 Å². The zero-order chi connectivity index (χ0) is 16.0. The summed E-state index contributed by atoms with van der Waals surface area (Å²) < 4.78 is 38.3. The van der Waals surface area contributed by atoms with Crippen LogP contribution in [0.15, 0.2) is 18.3 Å². The highest BCUT2D eigenvalue weighted by molar-refractivity contribution is 5.76. The van der Waals surface area contributed by atoms with E-state index < -0.39 is 11.7 Å². The molecule has 0 aromatic carbocycles. The second-order valence-electron chi connectivity index (χ2n) is 5.53. The molecule has 1 amide bonds. The van der Waals surface area contributed by atoms with E-state index >= 15 is 0 Å². The van der Waals surface area contributed by atoms with Gasteiger partial charge in [0, 0.05) is 25.7 Å². The van der Waals surface area contributed by atoms with Gasteiger partial charge >= 0.3 is 6.18 Å². The van der Waals surface area contributed by atoms with Crippen molar-refractivity contribution in [3.05, 3.63) is 23.9 Å². The van der Waals surface area contributed by atoms with Crippen LogP contribution in [0.4, 0.5) is 19.0 Å². The van der Waals surface area contributed by atoms with Crippen LogP contribution in [0.2, 0.25) is 0 Å². The highest BCUT2D eigenvalue weighted by atomic mass is 19.4. The molecule has 4 nitrogen and oxygen atoms in total. The molecule has 22 heavy (non-hydrogen) atoms. The second kappa shape index (κ2) is 7.47. The molecule has 7 heteroatoms. The summed E-state index contributed by atoms with van der Waals surface area (Å²) in [5.74, 6) is 0.214. The normalized spacial score (nSPS) is 15.8. The molecule has 0 radical (unpaired) electrons. The van der Waals surface area contributed by atoms with Crippen molar-refractivity contribution in [3.63, 3.8) is 0 Å². The van der Waals surface area contributed by atoms with Crippen LogP contribution < -0.4 is 10.6 Å². The van der Waals surface area contributed by atoms with Crippen LogP contribution in [0.3, 0.4) is 0 Å². The molecule has 2 rings (SSSR count). The van der Waals surface area contributed by atoms with Crippen LogP contribution in [0.5, 0.6) is 0 Å². The number of hydrogen-bond acceptors (Lipinski definition) is 3. The van der Waals surface area contributed by atoms with Gasteiger partial charge in [-0.25, -0.2) is 4.98 Å². The lowest BCUT2D eigenvalue weighted by Gasteiger charge is -2.14. The molecule has 122 valence electrons. The quantitative estimate of drug-likeness (QED) is 0.793. The molecular formula is C15H20F3N3O. The van der Waals surface area contributed by atoms with Crippen LogP contribution in [0.25, 0.3) is 0 Å². The topological polar surface area (TPSA) is 54.0 Å². The molecule has 1 aromatic heterocycles. The smallest absolute Gasteiger partial charge is 0.368 e. The Kier molecular flexibility index (Phi) is 5.63. The summed E-state index contributed by atoms with van der Waals surface area (Å²) in [6, 6.07) is 2.23. The zero-order valence-corrected chi connectivity index (χ0v) is 12.2. The fourth-order valence-electron chi connectivity index (χ4n) is 2.71. The minimum absolute atomic E-state index is 0.0363. The van der Waals surface area contributed by atoms with Crippen molar-refractivity contribution in [1.29, 1.82) is 0 Å². The van der Waals surface area contributed by atoms with E-state index in [4.69, 9.17) is 0 Å². The van der Waals surface area contributed by atoms with Gasteiger partial charge in [-0.15, -0.1) is 0 Å². The largest absolute Gasteiger partial charge is 0.419 e. The Morgan fingerprint density at radius 2 is 2.00 bits per heavy atom. The summed E-state index contributed by atoms with van der Waals surface area (Å²) in [5.41, 5.74) is -0.799. The summed E-state index contributed by atoms with van der Waals surface area (Å²) in [6.45, 7) is 0.482. The fourth-order valence-corrected chi connectivity index (χ4v) is 2.71. The molecule has 1 aliphatic rings. The molecule has 0 saturated heterocycles. The third-order valence-electron chi connectivity index (χ3n) is 3.80. The van der Waals surface area contributed by atoms with Crippen LogP contribution in [-0.4, -0.2) is 24.0 Å². The Balaban J connectivity index is 1.73. The molecular weight excluding hydrogens is 295 g/mol. The van der Waals surface area contributed by atoms with E-state index in [-0.39, 0.29) is 24.8 Å². The third-order valence-corrected chi connectivity index (χ3v) is 3.80. The van der Waals surface area contributed by atoms with Crippen LogP contribution >= 0.6 is 0 Å². The number of alkyl halides is 3. The Morgan fingerprint density at radius 3 is 2.68 bits per heavy atom. The molecule has 0 aliphatic heterocycles. The molecule has 1 saturated carbocycles. The molecule has 0 atom stereocenters. The highest BCUT2D eigenvalue weighted by Gasteiger charge is 2.33. The number of nitrogens with zero attached hydrogens (tertiary/aromatic N) is 1. The van der Waals surface area contributed by atoms with Crippen molar-refractivity contribution in [2.75, 3.05) is 18.4 Å². The fraction of sp³-hybridized carbons (Fsp3) is 0.600. The van der Waals surface area contributed by atoms with Crippen molar-refractivity contribution in [3.8, 4) is 0 Å².